The average molecular weight is 360 g/mol. The molecule has 0 aliphatic carbocycles. The van der Waals surface area contributed by atoms with E-state index in [1.54, 1.807) is 26.1 Å². The highest BCUT2D eigenvalue weighted by atomic mass is 16.5. The van der Waals surface area contributed by atoms with Gasteiger partial charge in [-0.3, -0.25) is 9.59 Å². The molecule has 1 N–H and O–H groups in total. The number of nitrogens with one attached hydrogen (secondary N) is 1. The molecule has 140 valence electrons. The molecule has 0 bridgehead atoms. The van der Waals surface area contributed by atoms with E-state index in [1.807, 2.05) is 0 Å². The zero-order valence-corrected chi connectivity index (χ0v) is 15.4. The number of carbonyl (C=O) groups excluding carboxylic acids is 1. The van der Waals surface area contributed by atoms with Crippen LogP contribution in [0.5, 0.6) is 0 Å². The number of hydrogen-bond acceptors (Lipinski definition) is 7. The van der Waals surface area contributed by atoms with Crippen molar-refractivity contribution in [2.24, 2.45) is 0 Å². The van der Waals surface area contributed by atoms with Gasteiger partial charge in [0.2, 0.25) is 5.91 Å². The Hall–Kier alpha value is -2.68. The van der Waals surface area contributed by atoms with E-state index in [0.29, 0.717) is 17.1 Å². The molecular formula is C17H24N6O3. The van der Waals surface area contributed by atoms with Gasteiger partial charge in [0.15, 0.2) is 5.76 Å². The van der Waals surface area contributed by atoms with Crippen molar-refractivity contribution in [3.8, 4) is 0 Å². The number of amides is 1. The highest BCUT2D eigenvalue weighted by Gasteiger charge is 2.16. The second-order valence-corrected chi connectivity index (χ2v) is 6.60. The van der Waals surface area contributed by atoms with E-state index < -0.39 is 0 Å². The number of nitrogens with zero attached hydrogens (tertiary/aromatic N) is 5. The van der Waals surface area contributed by atoms with Gasteiger partial charge in [0.1, 0.15) is 17.9 Å². The molecule has 2 aromatic heterocycles. The Morgan fingerprint density at radius 2 is 2.08 bits per heavy atom. The monoisotopic (exact) mass is 360 g/mol. The van der Waals surface area contributed by atoms with Gasteiger partial charge in [-0.05, 0) is 33.9 Å². The molecule has 9 nitrogen and oxygen atoms in total. The predicted octanol–water partition coefficient (Wildman–Crippen LogP) is 0.629. The van der Waals surface area contributed by atoms with Crippen molar-refractivity contribution in [3.63, 3.8) is 0 Å². The minimum absolute atomic E-state index is 0.161. The van der Waals surface area contributed by atoms with Crippen LogP contribution in [-0.4, -0.2) is 59.0 Å². The topological polar surface area (TPSA) is 96.5 Å². The quantitative estimate of drug-likeness (QED) is 0.854. The summed E-state index contributed by atoms with van der Waals surface area (Å²) in [6.07, 6.45) is 2.69. The van der Waals surface area contributed by atoms with E-state index in [9.17, 15) is 9.59 Å². The molecule has 3 rings (SSSR count). The molecule has 0 radical (unpaired) electrons. The van der Waals surface area contributed by atoms with E-state index in [1.165, 1.54) is 0 Å². The highest BCUT2D eigenvalue weighted by Crippen LogP contribution is 2.18. The van der Waals surface area contributed by atoms with Gasteiger partial charge in [-0.15, -0.1) is 0 Å². The van der Waals surface area contributed by atoms with Gasteiger partial charge in [-0.1, -0.05) is 5.16 Å². The van der Waals surface area contributed by atoms with Crippen LogP contribution < -0.4 is 15.8 Å². The molecule has 1 amide bonds. The molecule has 0 aromatic carbocycles. The lowest BCUT2D eigenvalue weighted by Gasteiger charge is -2.22. The van der Waals surface area contributed by atoms with E-state index in [0.717, 1.165) is 43.0 Å². The zero-order chi connectivity index (χ0) is 18.7. The number of anilines is 2. The fourth-order valence-electron chi connectivity index (χ4n) is 3.00. The minimum Gasteiger partial charge on any atom is -0.369 e. The first-order valence-corrected chi connectivity index (χ1v) is 8.67. The lowest BCUT2D eigenvalue weighted by atomic mass is 10.3. The Balaban J connectivity index is 1.68. The third kappa shape index (κ3) is 4.10. The number of aryl methyl sites for hydroxylation is 2. The molecule has 1 aliphatic heterocycles. The fourth-order valence-corrected chi connectivity index (χ4v) is 3.00. The summed E-state index contributed by atoms with van der Waals surface area (Å²) >= 11 is 0. The van der Waals surface area contributed by atoms with Crippen LogP contribution in [0.15, 0.2) is 21.6 Å². The van der Waals surface area contributed by atoms with Crippen molar-refractivity contribution < 1.29 is 9.32 Å². The average Bonchev–Trinajstić information content (AvgIpc) is 2.80. The van der Waals surface area contributed by atoms with Crippen LogP contribution in [0.4, 0.5) is 11.4 Å². The number of rotatable bonds is 4. The summed E-state index contributed by atoms with van der Waals surface area (Å²) < 4.78 is 6.17. The summed E-state index contributed by atoms with van der Waals surface area (Å²) in [4.78, 5) is 29.0. The van der Waals surface area contributed by atoms with Crippen LogP contribution in [-0.2, 0) is 11.3 Å². The number of hydrogen-bond donors (Lipinski definition) is 1. The Kier molecular flexibility index (Phi) is 5.36. The van der Waals surface area contributed by atoms with Crippen molar-refractivity contribution in [1.82, 2.24) is 19.8 Å². The Labute approximate surface area is 151 Å². The minimum atomic E-state index is -0.349. The summed E-state index contributed by atoms with van der Waals surface area (Å²) in [5.74, 6) is 0.177. The van der Waals surface area contributed by atoms with E-state index >= 15 is 0 Å². The normalized spacial score (nSPS) is 15.7. The SMILES string of the molecule is Cc1noc(C)c1NC(=O)Cn1ncc(N2CCCN(C)CC2)cc1=O. The third-order valence-electron chi connectivity index (χ3n) is 4.53. The Morgan fingerprint density at radius 1 is 1.27 bits per heavy atom. The third-order valence-corrected chi connectivity index (χ3v) is 4.53. The molecule has 9 heteroatoms. The molecule has 26 heavy (non-hydrogen) atoms. The second kappa shape index (κ2) is 7.69. The summed E-state index contributed by atoms with van der Waals surface area (Å²) in [6.45, 7) is 7.03. The molecule has 0 saturated carbocycles. The van der Waals surface area contributed by atoms with Crippen molar-refractivity contribution in [2.75, 3.05) is 43.4 Å². The van der Waals surface area contributed by atoms with Crippen molar-refractivity contribution in [1.29, 1.82) is 0 Å². The van der Waals surface area contributed by atoms with Crippen LogP contribution >= 0.6 is 0 Å². The summed E-state index contributed by atoms with van der Waals surface area (Å²) in [5.41, 5.74) is 1.63. The number of carbonyl (C=O) groups is 1. The maximum absolute atomic E-state index is 12.4. The van der Waals surface area contributed by atoms with Crippen molar-refractivity contribution in [3.05, 3.63) is 34.1 Å². The predicted molar refractivity (Wildman–Crippen MR) is 97.4 cm³/mol. The van der Waals surface area contributed by atoms with Crippen LogP contribution in [0.1, 0.15) is 17.9 Å². The van der Waals surface area contributed by atoms with Crippen LogP contribution in [0.2, 0.25) is 0 Å². The van der Waals surface area contributed by atoms with E-state index in [4.69, 9.17) is 4.52 Å². The van der Waals surface area contributed by atoms with Crippen molar-refractivity contribution >= 4 is 17.3 Å². The van der Waals surface area contributed by atoms with Gasteiger partial charge >= 0.3 is 0 Å². The Bertz CT molecular complexity index is 824. The summed E-state index contributed by atoms with van der Waals surface area (Å²) in [7, 11) is 2.09. The molecule has 1 fully saturated rings. The summed E-state index contributed by atoms with van der Waals surface area (Å²) in [6, 6.07) is 1.54. The smallest absolute Gasteiger partial charge is 0.269 e. The molecule has 0 atom stereocenters. The van der Waals surface area contributed by atoms with Gasteiger partial charge in [-0.25, -0.2) is 4.68 Å². The van der Waals surface area contributed by atoms with Crippen LogP contribution in [0.3, 0.4) is 0 Å². The molecule has 3 heterocycles. The largest absolute Gasteiger partial charge is 0.369 e. The molecule has 2 aromatic rings. The standard InChI is InChI=1S/C17H24N6O3/c1-12-17(13(2)26-20-12)19-15(24)11-23-16(25)9-14(10-18-23)22-6-4-5-21(3)7-8-22/h9-10H,4-8,11H2,1-3H3,(H,19,24). The Morgan fingerprint density at radius 3 is 2.77 bits per heavy atom. The van der Waals surface area contributed by atoms with Gasteiger partial charge in [-0.2, -0.15) is 5.10 Å². The van der Waals surface area contributed by atoms with Crippen molar-refractivity contribution in [2.45, 2.75) is 26.8 Å². The number of aromatic nitrogens is 3. The van der Waals surface area contributed by atoms with Crippen LogP contribution in [0, 0.1) is 13.8 Å². The second-order valence-electron chi connectivity index (χ2n) is 6.60. The van der Waals surface area contributed by atoms with Gasteiger partial charge in [0.05, 0.1) is 11.9 Å². The highest BCUT2D eigenvalue weighted by molar-refractivity contribution is 5.91. The van der Waals surface area contributed by atoms with Gasteiger partial charge in [0.25, 0.3) is 5.56 Å². The van der Waals surface area contributed by atoms with Gasteiger partial charge in [0, 0.05) is 25.7 Å². The molecule has 0 spiro atoms. The number of likely N-dealkylation sites (N-methyl/N-ethyl adjacent to an activating group) is 1. The molecule has 1 aliphatic rings. The van der Waals surface area contributed by atoms with Crippen LogP contribution in [0.25, 0.3) is 0 Å². The van der Waals surface area contributed by atoms with Gasteiger partial charge < -0.3 is 19.6 Å². The lowest BCUT2D eigenvalue weighted by molar-refractivity contribution is -0.117. The summed E-state index contributed by atoms with van der Waals surface area (Å²) in [5, 5.41) is 10.7. The first-order chi connectivity index (χ1) is 12.4. The molecule has 0 unspecified atom stereocenters. The maximum Gasteiger partial charge on any atom is 0.269 e. The first kappa shape index (κ1) is 18.1. The lowest BCUT2D eigenvalue weighted by Crippen LogP contribution is -2.33. The zero-order valence-electron chi connectivity index (χ0n) is 15.4. The van der Waals surface area contributed by atoms with E-state index in [-0.39, 0.29) is 18.0 Å². The first-order valence-electron chi connectivity index (χ1n) is 8.67. The molecule has 1 saturated heterocycles. The molecular weight excluding hydrogens is 336 g/mol. The maximum atomic E-state index is 12.4. The fraction of sp³-hybridized carbons (Fsp3) is 0.529. The van der Waals surface area contributed by atoms with E-state index in [2.05, 4.69) is 32.4 Å².